The van der Waals surface area contributed by atoms with Crippen LogP contribution in [0.2, 0.25) is 0 Å². The van der Waals surface area contributed by atoms with Crippen LogP contribution < -0.4 is 4.90 Å². The number of likely N-dealkylation sites (N-methyl/N-ethyl adjacent to an activating group) is 1. The lowest BCUT2D eigenvalue weighted by Crippen LogP contribution is -2.48. The van der Waals surface area contributed by atoms with Crippen molar-refractivity contribution in [2.75, 3.05) is 19.1 Å². The van der Waals surface area contributed by atoms with E-state index in [1.807, 2.05) is 37.9 Å². The Morgan fingerprint density at radius 1 is 1.53 bits per heavy atom. The van der Waals surface area contributed by atoms with Crippen molar-refractivity contribution < 1.29 is 9.53 Å². The third kappa shape index (κ3) is 2.52. The Hall–Kier alpha value is -0.550. The molecule has 0 N–H and O–H groups in total. The van der Waals surface area contributed by atoms with Crippen LogP contribution in [-0.4, -0.2) is 25.7 Å². The molecule has 0 saturated carbocycles. The summed E-state index contributed by atoms with van der Waals surface area (Å²) in [4.78, 5) is 13.5. The lowest BCUT2D eigenvalue weighted by molar-refractivity contribution is -0.145. The van der Waals surface area contributed by atoms with Gasteiger partial charge in [0, 0.05) is 7.05 Å². The third-order valence-electron chi connectivity index (χ3n) is 2.41. The van der Waals surface area contributed by atoms with E-state index in [1.165, 1.54) is 7.11 Å². The Labute approximate surface area is 102 Å². The monoisotopic (exact) mass is 291 g/mol. The summed E-state index contributed by atoms with van der Waals surface area (Å²) in [5, 5.41) is 1.03. The molecule has 84 valence electrons. The number of hydrogen-bond donors (Lipinski definition) is 0. The Morgan fingerprint density at radius 3 is 2.53 bits per heavy atom. The largest absolute Gasteiger partial charge is 0.467 e. The van der Waals surface area contributed by atoms with Gasteiger partial charge in [0.15, 0.2) is 0 Å². The van der Waals surface area contributed by atoms with Gasteiger partial charge in [-0.25, -0.2) is 4.79 Å². The average Bonchev–Trinajstić information content (AvgIpc) is 2.62. The number of ether oxygens (including phenoxy) is 1. The van der Waals surface area contributed by atoms with E-state index in [0.29, 0.717) is 0 Å². The minimum Gasteiger partial charge on any atom is -0.467 e. The van der Waals surface area contributed by atoms with Gasteiger partial charge in [-0.05, 0) is 41.9 Å². The zero-order valence-electron chi connectivity index (χ0n) is 9.20. The van der Waals surface area contributed by atoms with Gasteiger partial charge in [-0.2, -0.15) is 0 Å². The molecule has 15 heavy (non-hydrogen) atoms. The van der Waals surface area contributed by atoms with Crippen LogP contribution in [0.4, 0.5) is 5.00 Å². The van der Waals surface area contributed by atoms with Gasteiger partial charge in [0.2, 0.25) is 0 Å². The maximum Gasteiger partial charge on any atom is 0.331 e. The molecule has 0 atom stereocenters. The lowest BCUT2D eigenvalue weighted by Gasteiger charge is -2.33. The van der Waals surface area contributed by atoms with Gasteiger partial charge in [-0.3, -0.25) is 0 Å². The van der Waals surface area contributed by atoms with Crippen molar-refractivity contribution in [1.82, 2.24) is 0 Å². The SMILES string of the molecule is COC(=O)C(C)(C)N(C)c1ccc(Br)s1. The number of carbonyl (C=O) groups excluding carboxylic acids is 1. The van der Waals surface area contributed by atoms with E-state index < -0.39 is 5.54 Å². The average molecular weight is 292 g/mol. The van der Waals surface area contributed by atoms with Crippen LogP contribution in [0.25, 0.3) is 0 Å². The zero-order valence-corrected chi connectivity index (χ0v) is 11.6. The van der Waals surface area contributed by atoms with Gasteiger partial charge < -0.3 is 9.64 Å². The van der Waals surface area contributed by atoms with Crippen molar-refractivity contribution in [3.05, 3.63) is 15.9 Å². The number of hydrogen-bond acceptors (Lipinski definition) is 4. The second-order valence-corrected chi connectivity index (χ2v) is 6.13. The van der Waals surface area contributed by atoms with Crippen LogP contribution in [0.3, 0.4) is 0 Å². The molecule has 0 aliphatic carbocycles. The van der Waals surface area contributed by atoms with E-state index in [2.05, 4.69) is 15.9 Å². The Kier molecular flexibility index (Phi) is 3.78. The fraction of sp³-hybridized carbons (Fsp3) is 0.500. The maximum atomic E-state index is 11.6. The standard InChI is InChI=1S/C10H14BrNO2S/c1-10(2,9(13)14-4)12(3)8-6-5-7(11)15-8/h5-6H,1-4H3. The van der Waals surface area contributed by atoms with Gasteiger partial charge in [0.25, 0.3) is 0 Å². The van der Waals surface area contributed by atoms with Crippen LogP contribution in [-0.2, 0) is 9.53 Å². The number of anilines is 1. The molecule has 0 saturated heterocycles. The van der Waals surface area contributed by atoms with Crippen LogP contribution in [0.1, 0.15) is 13.8 Å². The number of nitrogens with zero attached hydrogens (tertiary/aromatic N) is 1. The number of halogens is 1. The molecule has 1 rings (SSSR count). The molecule has 1 aromatic heterocycles. The fourth-order valence-corrected chi connectivity index (χ4v) is 2.61. The summed E-state index contributed by atoms with van der Waals surface area (Å²) < 4.78 is 5.82. The first-order chi connectivity index (χ1) is 6.89. The molecule has 0 unspecified atom stereocenters. The summed E-state index contributed by atoms with van der Waals surface area (Å²) in [6.45, 7) is 3.68. The summed E-state index contributed by atoms with van der Waals surface area (Å²) >= 11 is 4.98. The number of thiophene rings is 1. The highest BCUT2D eigenvalue weighted by atomic mass is 79.9. The quantitative estimate of drug-likeness (QED) is 0.802. The maximum absolute atomic E-state index is 11.6. The molecule has 0 bridgehead atoms. The number of esters is 1. The van der Waals surface area contributed by atoms with Gasteiger partial charge in [0.05, 0.1) is 15.9 Å². The first-order valence-electron chi connectivity index (χ1n) is 4.47. The molecule has 0 spiro atoms. The van der Waals surface area contributed by atoms with Crippen LogP contribution in [0.5, 0.6) is 0 Å². The highest BCUT2D eigenvalue weighted by Gasteiger charge is 2.34. The molecule has 0 fully saturated rings. The molecule has 0 radical (unpaired) electrons. The van der Waals surface area contributed by atoms with Crippen molar-refractivity contribution in [2.45, 2.75) is 19.4 Å². The van der Waals surface area contributed by atoms with Crippen LogP contribution in [0.15, 0.2) is 15.9 Å². The van der Waals surface area contributed by atoms with E-state index in [-0.39, 0.29) is 5.97 Å². The summed E-state index contributed by atoms with van der Waals surface area (Å²) in [5.74, 6) is -0.241. The van der Waals surface area contributed by atoms with E-state index in [0.717, 1.165) is 8.79 Å². The minimum atomic E-state index is -0.654. The molecule has 3 nitrogen and oxygen atoms in total. The fourth-order valence-electron chi connectivity index (χ4n) is 1.15. The normalized spacial score (nSPS) is 11.3. The first kappa shape index (κ1) is 12.5. The molecule has 1 aromatic rings. The van der Waals surface area contributed by atoms with E-state index in [9.17, 15) is 4.79 Å². The molecule has 0 amide bonds. The topological polar surface area (TPSA) is 29.5 Å². The summed E-state index contributed by atoms with van der Waals surface area (Å²) in [5.41, 5.74) is -0.654. The molecule has 0 aromatic carbocycles. The smallest absolute Gasteiger partial charge is 0.331 e. The van der Waals surface area contributed by atoms with E-state index in [4.69, 9.17) is 4.74 Å². The molecular weight excluding hydrogens is 278 g/mol. The van der Waals surface area contributed by atoms with Crippen molar-refractivity contribution >= 4 is 38.2 Å². The number of carbonyl (C=O) groups is 1. The van der Waals surface area contributed by atoms with Gasteiger partial charge in [0.1, 0.15) is 5.54 Å². The Balaban J connectivity index is 2.93. The predicted octanol–water partition coefficient (Wildman–Crippen LogP) is 2.90. The Bertz CT molecular complexity index is 362. The van der Waals surface area contributed by atoms with Gasteiger partial charge in [-0.1, -0.05) is 0 Å². The molecule has 0 aliphatic heterocycles. The summed E-state index contributed by atoms with van der Waals surface area (Å²) in [7, 11) is 3.29. The second-order valence-electron chi connectivity index (χ2n) is 3.69. The van der Waals surface area contributed by atoms with Crippen molar-refractivity contribution in [2.24, 2.45) is 0 Å². The van der Waals surface area contributed by atoms with E-state index in [1.54, 1.807) is 11.3 Å². The predicted molar refractivity (Wildman–Crippen MR) is 66.5 cm³/mol. The summed E-state index contributed by atoms with van der Waals surface area (Å²) in [6, 6.07) is 3.93. The minimum absolute atomic E-state index is 0.241. The zero-order chi connectivity index (χ0) is 11.6. The van der Waals surface area contributed by atoms with Crippen molar-refractivity contribution in [3.63, 3.8) is 0 Å². The van der Waals surface area contributed by atoms with E-state index >= 15 is 0 Å². The van der Waals surface area contributed by atoms with Crippen LogP contribution in [0, 0.1) is 0 Å². The van der Waals surface area contributed by atoms with Crippen LogP contribution >= 0.6 is 27.3 Å². The second kappa shape index (κ2) is 4.53. The number of methoxy groups -OCH3 is 1. The number of rotatable bonds is 3. The van der Waals surface area contributed by atoms with Gasteiger partial charge >= 0.3 is 5.97 Å². The molecular formula is C10H14BrNO2S. The molecule has 1 heterocycles. The third-order valence-corrected chi connectivity index (χ3v) is 4.11. The van der Waals surface area contributed by atoms with Gasteiger partial charge in [-0.15, -0.1) is 11.3 Å². The molecule has 0 aliphatic rings. The lowest BCUT2D eigenvalue weighted by atomic mass is 10.0. The van der Waals surface area contributed by atoms with Crippen molar-refractivity contribution in [3.8, 4) is 0 Å². The van der Waals surface area contributed by atoms with Crippen molar-refractivity contribution in [1.29, 1.82) is 0 Å². The highest BCUT2D eigenvalue weighted by molar-refractivity contribution is 9.11. The molecule has 5 heteroatoms. The Morgan fingerprint density at radius 2 is 2.13 bits per heavy atom. The first-order valence-corrected chi connectivity index (χ1v) is 6.08. The summed E-state index contributed by atoms with van der Waals surface area (Å²) in [6.07, 6.45) is 0. The highest BCUT2D eigenvalue weighted by Crippen LogP contribution is 2.33.